The lowest BCUT2D eigenvalue weighted by Crippen LogP contribution is -2.34. The molecule has 0 aliphatic rings. The normalized spacial score (nSPS) is 12.1. The Hall–Kier alpha value is -2.32. The molecule has 0 saturated heterocycles. The SMILES string of the molecule is COCCCN(C)S(=O)N(O)c1cc(C(N)=O)c(NC(=O)c2ccn[nH]2)s1. The van der Waals surface area contributed by atoms with E-state index in [1.165, 1.54) is 22.6 Å². The smallest absolute Gasteiger partial charge is 0.274 e. The van der Waals surface area contributed by atoms with Crippen LogP contribution in [0.3, 0.4) is 0 Å². The Balaban J connectivity index is 2.16. The number of aromatic amines is 1. The summed E-state index contributed by atoms with van der Waals surface area (Å²) in [6.45, 7) is 0.899. The summed E-state index contributed by atoms with van der Waals surface area (Å²) in [5, 5.41) is 19.1. The number of nitrogens with two attached hydrogens (primary N) is 1. The van der Waals surface area contributed by atoms with Crippen molar-refractivity contribution in [1.82, 2.24) is 14.5 Å². The van der Waals surface area contributed by atoms with E-state index in [0.717, 1.165) is 11.3 Å². The average Bonchev–Trinajstić information content (AvgIpc) is 3.30. The van der Waals surface area contributed by atoms with E-state index in [0.29, 0.717) is 24.0 Å². The van der Waals surface area contributed by atoms with E-state index < -0.39 is 23.0 Å². The summed E-state index contributed by atoms with van der Waals surface area (Å²) in [7, 11) is 3.13. The van der Waals surface area contributed by atoms with Crippen LogP contribution in [-0.2, 0) is 15.9 Å². The van der Waals surface area contributed by atoms with Crippen LogP contribution in [0.25, 0.3) is 0 Å². The Labute approximate surface area is 161 Å². The lowest BCUT2D eigenvalue weighted by atomic mass is 10.3. The molecule has 0 aliphatic heterocycles. The highest BCUT2D eigenvalue weighted by Crippen LogP contribution is 2.35. The molecule has 13 heteroatoms. The Morgan fingerprint density at radius 2 is 2.26 bits per heavy atom. The third-order valence-corrected chi connectivity index (χ3v) is 5.73. The molecule has 2 amide bonds. The molecular formula is C14H20N6O5S2. The van der Waals surface area contributed by atoms with Gasteiger partial charge in [0.05, 0.1) is 5.56 Å². The zero-order valence-corrected chi connectivity index (χ0v) is 16.3. The van der Waals surface area contributed by atoms with Crippen molar-refractivity contribution in [2.45, 2.75) is 6.42 Å². The van der Waals surface area contributed by atoms with Gasteiger partial charge < -0.3 is 15.8 Å². The Morgan fingerprint density at radius 1 is 1.52 bits per heavy atom. The first kappa shape index (κ1) is 21.0. The van der Waals surface area contributed by atoms with Crippen molar-refractivity contribution in [3.05, 3.63) is 29.6 Å². The first-order chi connectivity index (χ1) is 12.8. The van der Waals surface area contributed by atoms with Crippen LogP contribution in [0.5, 0.6) is 0 Å². The average molecular weight is 416 g/mol. The quantitative estimate of drug-likeness (QED) is 0.328. The van der Waals surface area contributed by atoms with E-state index in [9.17, 15) is 19.0 Å². The molecule has 0 radical (unpaired) electrons. The number of aromatic nitrogens is 2. The maximum atomic E-state index is 12.4. The van der Waals surface area contributed by atoms with E-state index in [1.807, 2.05) is 0 Å². The summed E-state index contributed by atoms with van der Waals surface area (Å²) in [6.07, 6.45) is 2.02. The number of nitrogens with zero attached hydrogens (tertiary/aromatic N) is 3. The molecule has 0 bridgehead atoms. The van der Waals surface area contributed by atoms with Crippen LogP contribution in [0.2, 0.25) is 0 Å². The second kappa shape index (κ2) is 9.57. The predicted octanol–water partition coefficient (Wildman–Crippen LogP) is 0.565. The van der Waals surface area contributed by atoms with Gasteiger partial charge in [-0.2, -0.15) is 5.10 Å². The van der Waals surface area contributed by atoms with E-state index >= 15 is 0 Å². The van der Waals surface area contributed by atoms with E-state index in [1.54, 1.807) is 14.2 Å². The van der Waals surface area contributed by atoms with Crippen molar-refractivity contribution in [3.63, 3.8) is 0 Å². The van der Waals surface area contributed by atoms with E-state index in [2.05, 4.69) is 15.5 Å². The standard InChI is InChI=1S/C14H20N6O5S2/c1-19(6-3-7-25-2)27(24)20(23)11-8-9(12(15)21)14(26-11)17-13(22)10-4-5-16-18-10/h4-5,8,23H,3,6-7H2,1-2H3,(H2,15,21)(H,16,18)(H,17,22). The van der Waals surface area contributed by atoms with Crippen molar-refractivity contribution in [3.8, 4) is 0 Å². The number of thiophene rings is 1. The minimum Gasteiger partial charge on any atom is -0.385 e. The lowest BCUT2D eigenvalue weighted by molar-refractivity contribution is 0.100. The van der Waals surface area contributed by atoms with Crippen molar-refractivity contribution in [1.29, 1.82) is 0 Å². The van der Waals surface area contributed by atoms with Crippen molar-refractivity contribution in [2.75, 3.05) is 37.1 Å². The highest BCUT2D eigenvalue weighted by Gasteiger charge is 2.24. The number of methoxy groups -OCH3 is 1. The van der Waals surface area contributed by atoms with Gasteiger partial charge in [0.2, 0.25) is 11.2 Å². The predicted molar refractivity (Wildman–Crippen MR) is 101 cm³/mol. The molecular weight excluding hydrogens is 396 g/mol. The molecule has 2 aromatic rings. The summed E-state index contributed by atoms with van der Waals surface area (Å²) in [6, 6.07) is 2.71. The van der Waals surface area contributed by atoms with Gasteiger partial charge in [-0.25, -0.2) is 8.51 Å². The number of hydrogen-bond acceptors (Lipinski definition) is 7. The highest BCUT2D eigenvalue weighted by atomic mass is 32.2. The number of rotatable bonds is 10. The number of carbonyl (C=O) groups excluding carboxylic acids is 2. The maximum absolute atomic E-state index is 12.4. The monoisotopic (exact) mass is 416 g/mol. The summed E-state index contributed by atoms with van der Waals surface area (Å²) >= 11 is -1.06. The number of nitrogens with one attached hydrogen (secondary N) is 2. The second-order valence-corrected chi connectivity index (χ2v) is 7.78. The number of amides is 2. The molecule has 2 aromatic heterocycles. The molecule has 5 N–H and O–H groups in total. The Bertz CT molecular complexity index is 809. The van der Waals surface area contributed by atoms with Gasteiger partial charge in [0.25, 0.3) is 11.8 Å². The molecule has 0 aromatic carbocycles. The van der Waals surface area contributed by atoms with Crippen LogP contribution < -0.4 is 15.5 Å². The fourth-order valence-electron chi connectivity index (χ4n) is 2.02. The topological polar surface area (TPSA) is 154 Å². The molecule has 2 rings (SSSR count). The molecule has 0 saturated carbocycles. The maximum Gasteiger partial charge on any atom is 0.274 e. The van der Waals surface area contributed by atoms with Crippen LogP contribution in [0.4, 0.5) is 10.0 Å². The second-order valence-electron chi connectivity index (χ2n) is 5.32. The van der Waals surface area contributed by atoms with Gasteiger partial charge in [-0.1, -0.05) is 11.3 Å². The van der Waals surface area contributed by atoms with Crippen LogP contribution in [0.1, 0.15) is 27.3 Å². The highest BCUT2D eigenvalue weighted by molar-refractivity contribution is 7.84. The zero-order chi connectivity index (χ0) is 20.0. The number of carbonyl (C=O) groups is 2. The molecule has 27 heavy (non-hydrogen) atoms. The number of ether oxygens (including phenoxy) is 1. The van der Waals surface area contributed by atoms with Crippen LogP contribution in [-0.4, -0.2) is 63.0 Å². The Morgan fingerprint density at radius 3 is 2.85 bits per heavy atom. The summed E-state index contributed by atoms with van der Waals surface area (Å²) in [4.78, 5) is 23.8. The van der Waals surface area contributed by atoms with Gasteiger partial charge in [-0.3, -0.25) is 19.9 Å². The van der Waals surface area contributed by atoms with E-state index in [-0.39, 0.29) is 21.3 Å². The minimum atomic E-state index is -1.92. The molecule has 11 nitrogen and oxygen atoms in total. The summed E-state index contributed by atoms with van der Waals surface area (Å²) < 4.78 is 19.2. The zero-order valence-electron chi connectivity index (χ0n) is 14.7. The number of anilines is 2. The van der Waals surface area contributed by atoms with Gasteiger partial charge >= 0.3 is 0 Å². The molecule has 1 atom stereocenters. The van der Waals surface area contributed by atoms with Crippen LogP contribution in [0.15, 0.2) is 18.3 Å². The minimum absolute atomic E-state index is 0.0130. The molecule has 0 aliphatic carbocycles. The molecule has 1 unspecified atom stereocenters. The number of hydrogen-bond donors (Lipinski definition) is 4. The molecule has 0 spiro atoms. The third kappa shape index (κ3) is 5.33. The first-order valence-electron chi connectivity index (χ1n) is 7.70. The fraction of sp³-hybridized carbons (Fsp3) is 0.357. The largest absolute Gasteiger partial charge is 0.385 e. The molecule has 148 valence electrons. The van der Waals surface area contributed by atoms with Crippen molar-refractivity contribution < 1.29 is 23.7 Å². The fourth-order valence-corrected chi connectivity index (χ4v) is 3.96. The van der Waals surface area contributed by atoms with Gasteiger partial charge in [0.1, 0.15) is 15.7 Å². The van der Waals surface area contributed by atoms with Gasteiger partial charge in [0.15, 0.2) is 0 Å². The van der Waals surface area contributed by atoms with Crippen LogP contribution in [0, 0.1) is 0 Å². The van der Waals surface area contributed by atoms with Gasteiger partial charge in [0, 0.05) is 33.5 Å². The van der Waals surface area contributed by atoms with Gasteiger partial charge in [-0.05, 0) is 18.6 Å². The van der Waals surface area contributed by atoms with Gasteiger partial charge in [-0.15, -0.1) is 4.47 Å². The molecule has 0 fully saturated rings. The number of H-pyrrole nitrogens is 1. The first-order valence-corrected chi connectivity index (χ1v) is 9.58. The summed E-state index contributed by atoms with van der Waals surface area (Å²) in [5.41, 5.74) is 5.51. The van der Waals surface area contributed by atoms with Crippen LogP contribution >= 0.6 is 11.3 Å². The van der Waals surface area contributed by atoms with Crippen molar-refractivity contribution >= 4 is 44.3 Å². The van der Waals surface area contributed by atoms with E-state index in [4.69, 9.17) is 10.5 Å². The lowest BCUT2D eigenvalue weighted by Gasteiger charge is -2.20. The van der Waals surface area contributed by atoms with Crippen molar-refractivity contribution in [2.24, 2.45) is 5.73 Å². The summed E-state index contributed by atoms with van der Waals surface area (Å²) in [5.74, 6) is -1.34. The number of primary amides is 1. The Kier molecular flexibility index (Phi) is 7.44. The molecule has 2 heterocycles. The third-order valence-electron chi connectivity index (χ3n) is 3.38.